The van der Waals surface area contributed by atoms with E-state index in [0.29, 0.717) is 0 Å². The van der Waals surface area contributed by atoms with Gasteiger partial charge in [0, 0.05) is 13.1 Å². The number of halogens is 2. The van der Waals surface area contributed by atoms with Crippen molar-refractivity contribution in [1.29, 1.82) is 0 Å². The van der Waals surface area contributed by atoms with E-state index in [1.807, 2.05) is 0 Å². The molecule has 19 heavy (non-hydrogen) atoms. The molecule has 0 aliphatic carbocycles. The van der Waals surface area contributed by atoms with Crippen molar-refractivity contribution in [2.45, 2.75) is 38.0 Å². The third kappa shape index (κ3) is 4.27. The highest BCUT2D eigenvalue weighted by atomic mass is 32.2. The van der Waals surface area contributed by atoms with E-state index in [1.165, 1.54) is 0 Å². The van der Waals surface area contributed by atoms with Crippen LogP contribution in [0.1, 0.15) is 20.8 Å². The molecule has 0 bridgehead atoms. The molecule has 1 rings (SSSR count). The fourth-order valence-electron chi connectivity index (χ4n) is 1.83. The van der Waals surface area contributed by atoms with Gasteiger partial charge in [-0.3, -0.25) is 4.55 Å². The zero-order valence-corrected chi connectivity index (χ0v) is 11.7. The molecule has 2 unspecified atom stereocenters. The Morgan fingerprint density at radius 3 is 2.21 bits per heavy atom. The number of alkyl halides is 2. The lowest BCUT2D eigenvalue weighted by Crippen LogP contribution is -2.36. The smallest absolute Gasteiger partial charge is 0.410 e. The molecule has 1 amide bonds. The Hall–Kier alpha value is -0.960. The normalized spacial score (nSPS) is 24.9. The van der Waals surface area contributed by atoms with Crippen molar-refractivity contribution >= 4 is 16.2 Å². The van der Waals surface area contributed by atoms with Crippen LogP contribution in [-0.4, -0.2) is 54.3 Å². The molecular weight excluding hydrogens is 284 g/mol. The number of likely N-dealkylation sites (tertiary alicyclic amines) is 1. The van der Waals surface area contributed by atoms with Crippen LogP contribution in [0.25, 0.3) is 0 Å². The van der Waals surface area contributed by atoms with Gasteiger partial charge in [0.05, 0.1) is 5.92 Å². The monoisotopic (exact) mass is 301 g/mol. The summed E-state index contributed by atoms with van der Waals surface area (Å²) in [6, 6.07) is 0. The fourth-order valence-corrected chi connectivity index (χ4v) is 2.85. The summed E-state index contributed by atoms with van der Waals surface area (Å²) in [6.45, 7) is 3.85. The molecule has 112 valence electrons. The number of hydrogen-bond donors (Lipinski definition) is 1. The Kier molecular flexibility index (Phi) is 4.40. The Balaban J connectivity index is 2.84. The van der Waals surface area contributed by atoms with Gasteiger partial charge in [0.15, 0.2) is 0 Å². The number of carbonyl (C=O) groups is 1. The minimum atomic E-state index is -4.64. The van der Waals surface area contributed by atoms with Crippen molar-refractivity contribution < 1.29 is 31.3 Å². The second-order valence-corrected chi connectivity index (χ2v) is 7.07. The Bertz CT molecular complexity index is 445. The van der Waals surface area contributed by atoms with Gasteiger partial charge < -0.3 is 9.64 Å². The van der Waals surface area contributed by atoms with Crippen LogP contribution < -0.4 is 0 Å². The van der Waals surface area contributed by atoms with E-state index in [2.05, 4.69) is 0 Å². The standard InChI is InChI=1S/C10H17F2NO5S/c1-10(2,3)18-9(14)13-4-6(8(11)12)7(5-13)19(15,16)17/h6-8H,4-5H2,1-3H3,(H,15,16,17). The van der Waals surface area contributed by atoms with E-state index >= 15 is 0 Å². The summed E-state index contributed by atoms with van der Waals surface area (Å²) < 4.78 is 61.5. The molecule has 6 nitrogen and oxygen atoms in total. The molecular formula is C10H17F2NO5S. The number of nitrogens with zero attached hydrogens (tertiary/aromatic N) is 1. The minimum Gasteiger partial charge on any atom is -0.444 e. The van der Waals surface area contributed by atoms with Gasteiger partial charge in [0.2, 0.25) is 6.43 Å². The largest absolute Gasteiger partial charge is 0.444 e. The van der Waals surface area contributed by atoms with Gasteiger partial charge in [-0.2, -0.15) is 8.42 Å². The summed E-state index contributed by atoms with van der Waals surface area (Å²) in [5.41, 5.74) is -0.812. The first kappa shape index (κ1) is 16.1. The van der Waals surface area contributed by atoms with Gasteiger partial charge in [-0.15, -0.1) is 0 Å². The Morgan fingerprint density at radius 2 is 1.89 bits per heavy atom. The van der Waals surface area contributed by atoms with E-state index in [0.717, 1.165) is 4.90 Å². The third-order valence-electron chi connectivity index (χ3n) is 2.67. The average Bonchev–Trinajstić information content (AvgIpc) is 2.57. The third-order valence-corrected chi connectivity index (χ3v) is 3.93. The van der Waals surface area contributed by atoms with Crippen molar-refractivity contribution in [2.75, 3.05) is 13.1 Å². The van der Waals surface area contributed by atoms with E-state index in [-0.39, 0.29) is 0 Å². The summed E-state index contributed by atoms with van der Waals surface area (Å²) in [7, 11) is -4.64. The number of carbonyl (C=O) groups excluding carboxylic acids is 1. The summed E-state index contributed by atoms with van der Waals surface area (Å²) in [5.74, 6) is -1.61. The van der Waals surface area contributed by atoms with Crippen molar-refractivity contribution in [2.24, 2.45) is 5.92 Å². The predicted octanol–water partition coefficient (Wildman–Crippen LogP) is 1.37. The summed E-state index contributed by atoms with van der Waals surface area (Å²) >= 11 is 0. The highest BCUT2D eigenvalue weighted by Crippen LogP contribution is 2.29. The maximum atomic E-state index is 12.7. The molecule has 0 aromatic rings. The first-order valence-electron chi connectivity index (χ1n) is 5.64. The summed E-state index contributed by atoms with van der Waals surface area (Å²) in [5, 5.41) is -1.68. The summed E-state index contributed by atoms with van der Waals surface area (Å²) in [6.07, 6.45) is -3.82. The Labute approximate surface area is 110 Å². The Morgan fingerprint density at radius 1 is 1.37 bits per heavy atom. The van der Waals surface area contributed by atoms with Gasteiger partial charge in [-0.1, -0.05) is 0 Å². The fraction of sp³-hybridized carbons (Fsp3) is 0.900. The molecule has 9 heteroatoms. The number of rotatable bonds is 2. The van der Waals surface area contributed by atoms with Crippen LogP contribution in [0.15, 0.2) is 0 Å². The first-order chi connectivity index (χ1) is 8.42. The first-order valence-corrected chi connectivity index (χ1v) is 7.14. The molecule has 0 aromatic heterocycles. The van der Waals surface area contributed by atoms with E-state index in [1.54, 1.807) is 20.8 Å². The molecule has 1 saturated heterocycles. The van der Waals surface area contributed by atoms with Crippen LogP contribution in [0.2, 0.25) is 0 Å². The van der Waals surface area contributed by atoms with Crippen molar-refractivity contribution in [1.82, 2.24) is 4.90 Å². The van der Waals surface area contributed by atoms with E-state index in [4.69, 9.17) is 9.29 Å². The molecule has 1 aliphatic rings. The number of hydrogen-bond acceptors (Lipinski definition) is 4. The molecule has 0 saturated carbocycles. The van der Waals surface area contributed by atoms with Crippen molar-refractivity contribution in [3.05, 3.63) is 0 Å². The molecule has 1 N–H and O–H groups in total. The van der Waals surface area contributed by atoms with Gasteiger partial charge in [-0.25, -0.2) is 13.6 Å². The second-order valence-electron chi connectivity index (χ2n) is 5.44. The molecule has 0 aromatic carbocycles. The zero-order valence-electron chi connectivity index (χ0n) is 10.8. The molecule has 1 heterocycles. The van der Waals surface area contributed by atoms with Gasteiger partial charge in [-0.05, 0) is 20.8 Å². The number of ether oxygens (including phenoxy) is 1. The SMILES string of the molecule is CC(C)(C)OC(=O)N1CC(C(F)F)C(S(=O)(=O)O)C1. The highest BCUT2D eigenvalue weighted by molar-refractivity contribution is 7.86. The molecule has 1 aliphatic heterocycles. The van der Waals surface area contributed by atoms with Crippen LogP contribution in [0.5, 0.6) is 0 Å². The van der Waals surface area contributed by atoms with Gasteiger partial charge >= 0.3 is 6.09 Å². The molecule has 1 fully saturated rings. The molecule has 0 spiro atoms. The van der Waals surface area contributed by atoms with Crippen molar-refractivity contribution in [3.63, 3.8) is 0 Å². The van der Waals surface area contributed by atoms with E-state index in [9.17, 15) is 22.0 Å². The molecule has 0 radical (unpaired) electrons. The lowest BCUT2D eigenvalue weighted by atomic mass is 10.1. The second kappa shape index (κ2) is 5.20. The lowest BCUT2D eigenvalue weighted by molar-refractivity contribution is 0.0254. The van der Waals surface area contributed by atoms with Crippen LogP contribution in [0.4, 0.5) is 13.6 Å². The topological polar surface area (TPSA) is 83.9 Å². The van der Waals surface area contributed by atoms with E-state index < -0.39 is 52.5 Å². The van der Waals surface area contributed by atoms with Crippen LogP contribution in [-0.2, 0) is 14.9 Å². The maximum absolute atomic E-state index is 12.7. The van der Waals surface area contributed by atoms with Gasteiger partial charge in [0.1, 0.15) is 10.9 Å². The highest BCUT2D eigenvalue weighted by Gasteiger charge is 2.47. The minimum absolute atomic E-state index is 0.461. The summed E-state index contributed by atoms with van der Waals surface area (Å²) in [4.78, 5) is 12.6. The van der Waals surface area contributed by atoms with Crippen LogP contribution >= 0.6 is 0 Å². The van der Waals surface area contributed by atoms with Crippen LogP contribution in [0.3, 0.4) is 0 Å². The zero-order chi connectivity index (χ0) is 15.0. The van der Waals surface area contributed by atoms with Crippen LogP contribution in [0, 0.1) is 5.92 Å². The lowest BCUT2D eigenvalue weighted by Gasteiger charge is -2.24. The molecule has 2 atom stereocenters. The number of amides is 1. The predicted molar refractivity (Wildman–Crippen MR) is 62.6 cm³/mol. The van der Waals surface area contributed by atoms with Gasteiger partial charge in [0.25, 0.3) is 10.1 Å². The maximum Gasteiger partial charge on any atom is 0.410 e. The quantitative estimate of drug-likeness (QED) is 0.779. The average molecular weight is 301 g/mol. The van der Waals surface area contributed by atoms with Crippen molar-refractivity contribution in [3.8, 4) is 0 Å².